The van der Waals surface area contributed by atoms with Crippen LogP contribution < -0.4 is 0 Å². The molecule has 0 unspecified atom stereocenters. The smallest absolute Gasteiger partial charge is 0.134 e. The summed E-state index contributed by atoms with van der Waals surface area (Å²) in [5.74, 6) is 1.65. The predicted octanol–water partition coefficient (Wildman–Crippen LogP) is 9.74. The Morgan fingerprint density at radius 1 is 0.853 bits per heavy atom. The molecule has 34 heavy (non-hydrogen) atoms. The Morgan fingerprint density at radius 2 is 1.59 bits per heavy atom. The molecule has 1 saturated carbocycles. The van der Waals surface area contributed by atoms with Crippen molar-refractivity contribution >= 4 is 10.8 Å². The van der Waals surface area contributed by atoms with Crippen molar-refractivity contribution in [1.82, 2.24) is 0 Å². The molecule has 0 radical (unpaired) electrons. The van der Waals surface area contributed by atoms with Crippen LogP contribution in [-0.2, 0) is 19.3 Å². The highest BCUT2D eigenvalue weighted by molar-refractivity contribution is 5.84. The van der Waals surface area contributed by atoms with Crippen molar-refractivity contribution in [1.29, 1.82) is 0 Å². The van der Waals surface area contributed by atoms with E-state index in [1.54, 1.807) is 0 Å². The Hall–Kier alpha value is -2.41. The van der Waals surface area contributed by atoms with Gasteiger partial charge in [-0.2, -0.15) is 0 Å². The molecule has 0 aromatic heterocycles. The SMILES string of the molecule is C=CCCc1ccc2cc(CCc3ccc(C4CCC(CCCCC)CC4)cc3)ccc2c1F. The molecule has 1 aliphatic carbocycles. The van der Waals surface area contributed by atoms with E-state index in [0.717, 1.165) is 47.4 Å². The lowest BCUT2D eigenvalue weighted by atomic mass is 9.77. The van der Waals surface area contributed by atoms with Gasteiger partial charge in [0, 0.05) is 5.39 Å². The van der Waals surface area contributed by atoms with E-state index in [9.17, 15) is 4.39 Å². The zero-order chi connectivity index (χ0) is 23.8. The standard InChI is InChI=1S/C33H41F/c1-3-5-7-8-25-12-17-28(18-13-25)29-19-14-26(15-20-29)10-11-27-16-23-32-31(24-27)22-21-30(33(32)34)9-6-4-2/h4,14-16,19-25,28H,2-3,5-13,17-18H2,1H3. The van der Waals surface area contributed by atoms with Crippen LogP contribution in [0, 0.1) is 11.7 Å². The van der Waals surface area contributed by atoms with Gasteiger partial charge in [0.15, 0.2) is 0 Å². The molecule has 3 aromatic rings. The van der Waals surface area contributed by atoms with Gasteiger partial charge < -0.3 is 0 Å². The van der Waals surface area contributed by atoms with Crippen molar-refractivity contribution in [2.75, 3.05) is 0 Å². The maximum Gasteiger partial charge on any atom is 0.134 e. The Kier molecular flexibility index (Phi) is 8.97. The first-order valence-corrected chi connectivity index (χ1v) is 13.6. The average molecular weight is 457 g/mol. The van der Waals surface area contributed by atoms with Crippen LogP contribution in [0.5, 0.6) is 0 Å². The third-order valence-corrected chi connectivity index (χ3v) is 7.93. The van der Waals surface area contributed by atoms with Crippen molar-refractivity contribution in [2.45, 2.75) is 89.9 Å². The molecule has 0 nitrogen and oxygen atoms in total. The molecule has 3 aromatic carbocycles. The van der Waals surface area contributed by atoms with E-state index in [4.69, 9.17) is 0 Å². The summed E-state index contributed by atoms with van der Waals surface area (Å²) in [4.78, 5) is 0. The molecule has 1 fully saturated rings. The fraction of sp³-hybridized carbons (Fsp3) is 0.455. The van der Waals surface area contributed by atoms with Crippen LogP contribution in [0.1, 0.15) is 92.9 Å². The molecule has 1 aliphatic rings. The maximum atomic E-state index is 14.8. The number of allylic oxidation sites excluding steroid dienone is 1. The van der Waals surface area contributed by atoms with Crippen LogP contribution in [0.2, 0.25) is 0 Å². The monoisotopic (exact) mass is 456 g/mol. The van der Waals surface area contributed by atoms with Crippen molar-refractivity contribution in [3.63, 3.8) is 0 Å². The average Bonchev–Trinajstić information content (AvgIpc) is 2.88. The van der Waals surface area contributed by atoms with E-state index >= 15 is 0 Å². The van der Waals surface area contributed by atoms with Crippen molar-refractivity contribution in [3.05, 3.63) is 95.3 Å². The lowest BCUT2D eigenvalue weighted by molar-refractivity contribution is 0.303. The van der Waals surface area contributed by atoms with E-state index < -0.39 is 0 Å². The normalized spacial score (nSPS) is 18.3. The number of halogens is 1. The van der Waals surface area contributed by atoms with Crippen LogP contribution in [0.4, 0.5) is 4.39 Å². The van der Waals surface area contributed by atoms with Gasteiger partial charge in [0.2, 0.25) is 0 Å². The highest BCUT2D eigenvalue weighted by atomic mass is 19.1. The quantitative estimate of drug-likeness (QED) is 0.199. The van der Waals surface area contributed by atoms with Crippen molar-refractivity contribution in [3.8, 4) is 0 Å². The van der Waals surface area contributed by atoms with Crippen LogP contribution >= 0.6 is 0 Å². The molecule has 1 heteroatoms. The molecule has 0 saturated heterocycles. The van der Waals surface area contributed by atoms with Crippen LogP contribution in [0.15, 0.2) is 67.3 Å². The van der Waals surface area contributed by atoms with E-state index in [2.05, 4.69) is 56.0 Å². The van der Waals surface area contributed by atoms with E-state index in [0.29, 0.717) is 6.42 Å². The molecular weight excluding hydrogens is 415 g/mol. The van der Waals surface area contributed by atoms with Crippen molar-refractivity contribution in [2.24, 2.45) is 5.92 Å². The van der Waals surface area contributed by atoms with Crippen LogP contribution in [0.3, 0.4) is 0 Å². The van der Waals surface area contributed by atoms with E-state index in [1.807, 2.05) is 18.2 Å². The van der Waals surface area contributed by atoms with Gasteiger partial charge in [0.1, 0.15) is 5.82 Å². The molecule has 0 atom stereocenters. The van der Waals surface area contributed by atoms with Crippen LogP contribution in [-0.4, -0.2) is 0 Å². The summed E-state index contributed by atoms with van der Waals surface area (Å²) in [6.07, 6.45) is 16.5. The number of hydrogen-bond acceptors (Lipinski definition) is 0. The fourth-order valence-corrected chi connectivity index (χ4v) is 5.71. The maximum absolute atomic E-state index is 14.8. The second kappa shape index (κ2) is 12.3. The second-order valence-corrected chi connectivity index (χ2v) is 10.4. The van der Waals surface area contributed by atoms with Gasteiger partial charge in [-0.25, -0.2) is 4.39 Å². The lowest BCUT2D eigenvalue weighted by Gasteiger charge is -2.29. The third kappa shape index (κ3) is 6.38. The van der Waals surface area contributed by atoms with E-state index in [-0.39, 0.29) is 5.82 Å². The Labute approximate surface area is 206 Å². The van der Waals surface area contributed by atoms with Gasteiger partial charge in [-0.1, -0.05) is 93.3 Å². The first-order chi connectivity index (χ1) is 16.7. The Morgan fingerprint density at radius 3 is 2.32 bits per heavy atom. The Balaban J connectivity index is 1.30. The van der Waals surface area contributed by atoms with Gasteiger partial charge in [0.05, 0.1) is 0 Å². The molecular formula is C33H41F. The van der Waals surface area contributed by atoms with Crippen molar-refractivity contribution < 1.29 is 4.39 Å². The molecule has 0 heterocycles. The summed E-state index contributed by atoms with van der Waals surface area (Å²) < 4.78 is 14.8. The van der Waals surface area contributed by atoms with Crippen LogP contribution in [0.25, 0.3) is 10.8 Å². The number of hydrogen-bond donors (Lipinski definition) is 0. The molecule has 180 valence electrons. The molecule has 0 bridgehead atoms. The number of benzene rings is 3. The zero-order valence-electron chi connectivity index (χ0n) is 21.0. The number of fused-ring (bicyclic) bond motifs is 1. The zero-order valence-corrected chi connectivity index (χ0v) is 21.0. The molecule has 4 rings (SSSR count). The number of unbranched alkanes of at least 4 members (excludes halogenated alkanes) is 2. The summed E-state index contributed by atoms with van der Waals surface area (Å²) in [6.45, 7) is 6.04. The van der Waals surface area contributed by atoms with E-state index in [1.165, 1.54) is 68.1 Å². The minimum Gasteiger partial charge on any atom is -0.206 e. The molecule has 0 aliphatic heterocycles. The first kappa shape index (κ1) is 24.7. The lowest BCUT2D eigenvalue weighted by Crippen LogP contribution is -2.13. The minimum atomic E-state index is -0.0727. The minimum absolute atomic E-state index is 0.0727. The first-order valence-electron chi connectivity index (χ1n) is 13.6. The molecule has 0 N–H and O–H groups in total. The summed E-state index contributed by atoms with van der Waals surface area (Å²) in [5, 5.41) is 1.73. The van der Waals surface area contributed by atoms with Gasteiger partial charge in [-0.05, 0) is 90.8 Å². The van der Waals surface area contributed by atoms with Gasteiger partial charge >= 0.3 is 0 Å². The topological polar surface area (TPSA) is 0 Å². The molecule has 0 amide bonds. The highest BCUT2D eigenvalue weighted by Crippen LogP contribution is 2.37. The molecule has 0 spiro atoms. The fourth-order valence-electron chi connectivity index (χ4n) is 5.71. The van der Waals surface area contributed by atoms with Gasteiger partial charge in [-0.3, -0.25) is 0 Å². The summed E-state index contributed by atoms with van der Waals surface area (Å²) >= 11 is 0. The summed E-state index contributed by atoms with van der Waals surface area (Å²) in [5.41, 5.74) is 4.98. The highest BCUT2D eigenvalue weighted by Gasteiger charge is 2.22. The summed E-state index contributed by atoms with van der Waals surface area (Å²) in [7, 11) is 0. The summed E-state index contributed by atoms with van der Waals surface area (Å²) in [6, 6.07) is 19.6. The Bertz CT molecular complexity index is 1050. The number of rotatable bonds is 11. The van der Waals surface area contributed by atoms with Gasteiger partial charge in [0.25, 0.3) is 0 Å². The third-order valence-electron chi connectivity index (χ3n) is 7.93. The second-order valence-electron chi connectivity index (χ2n) is 10.4. The predicted molar refractivity (Wildman–Crippen MR) is 145 cm³/mol. The number of aryl methyl sites for hydroxylation is 3. The van der Waals surface area contributed by atoms with Gasteiger partial charge in [-0.15, -0.1) is 6.58 Å². The largest absolute Gasteiger partial charge is 0.206 e.